The number of fused-ring (bicyclic) bond motifs is 1. The number of amides is 3. The number of aryl methyl sites for hydroxylation is 1. The van der Waals surface area contributed by atoms with Crippen molar-refractivity contribution in [3.8, 4) is 5.75 Å². The Bertz CT molecular complexity index is 1640. The number of aromatic nitrogens is 1. The third kappa shape index (κ3) is 7.22. The molecule has 0 aliphatic carbocycles. The van der Waals surface area contributed by atoms with E-state index < -0.39 is 5.91 Å². The molecule has 0 unspecified atom stereocenters. The third-order valence-corrected chi connectivity index (χ3v) is 7.12. The zero-order chi connectivity index (χ0) is 29.5. The van der Waals surface area contributed by atoms with Crippen molar-refractivity contribution in [3.63, 3.8) is 0 Å². The molecule has 0 saturated carbocycles. The molecule has 8 nitrogen and oxygen atoms in total. The van der Waals surface area contributed by atoms with Gasteiger partial charge in [0.2, 0.25) is 11.8 Å². The molecule has 4 rings (SSSR count). The average molecular weight is 591 g/mol. The maximum absolute atomic E-state index is 13.0. The molecule has 0 saturated heterocycles. The summed E-state index contributed by atoms with van der Waals surface area (Å²) in [6.07, 6.45) is 3.03. The molecule has 2 N–H and O–H groups in total. The minimum atomic E-state index is -0.413. The SMILES string of the molecule is CNC(=O)/C=C/c1ccc(C(=O)NCC(=O)N(C)c2ccc(Cl)c(COc3cccc4ccc(C)nc34)c2Cl)cc1. The summed E-state index contributed by atoms with van der Waals surface area (Å²) in [6.45, 7) is 1.72. The molecule has 0 bridgehead atoms. The van der Waals surface area contributed by atoms with Gasteiger partial charge in [0.15, 0.2) is 0 Å². The monoisotopic (exact) mass is 590 g/mol. The van der Waals surface area contributed by atoms with E-state index in [2.05, 4.69) is 15.6 Å². The second kappa shape index (κ2) is 13.3. The molecule has 4 aromatic rings. The molecular weight excluding hydrogens is 563 g/mol. The van der Waals surface area contributed by atoms with Gasteiger partial charge in [0, 0.05) is 47.4 Å². The number of carbonyl (C=O) groups is 3. The molecular formula is C31H28Cl2N4O4. The Morgan fingerprint density at radius 3 is 2.49 bits per heavy atom. The predicted molar refractivity (Wildman–Crippen MR) is 163 cm³/mol. The van der Waals surface area contributed by atoms with Gasteiger partial charge in [0.1, 0.15) is 17.9 Å². The van der Waals surface area contributed by atoms with Gasteiger partial charge in [-0.1, -0.05) is 53.5 Å². The van der Waals surface area contributed by atoms with E-state index in [4.69, 9.17) is 27.9 Å². The number of para-hydroxylation sites is 1. The zero-order valence-electron chi connectivity index (χ0n) is 22.7. The Balaban J connectivity index is 1.41. The normalized spacial score (nSPS) is 11.0. The molecule has 41 heavy (non-hydrogen) atoms. The van der Waals surface area contributed by atoms with Crippen molar-refractivity contribution in [2.45, 2.75) is 13.5 Å². The van der Waals surface area contributed by atoms with Gasteiger partial charge >= 0.3 is 0 Å². The number of benzene rings is 3. The van der Waals surface area contributed by atoms with Gasteiger partial charge < -0.3 is 20.3 Å². The van der Waals surface area contributed by atoms with E-state index in [0.717, 1.165) is 22.2 Å². The van der Waals surface area contributed by atoms with Crippen molar-refractivity contribution >= 4 is 63.6 Å². The number of likely N-dealkylation sites (N-methyl/N-ethyl adjacent to an activating group) is 2. The van der Waals surface area contributed by atoms with Gasteiger partial charge in [0.25, 0.3) is 5.91 Å². The van der Waals surface area contributed by atoms with Crippen molar-refractivity contribution in [2.75, 3.05) is 25.5 Å². The molecule has 0 aliphatic heterocycles. The summed E-state index contributed by atoms with van der Waals surface area (Å²) in [7, 11) is 3.11. The fourth-order valence-electron chi connectivity index (χ4n) is 3.97. The molecule has 0 radical (unpaired) electrons. The first kappa shape index (κ1) is 29.6. The first-order chi connectivity index (χ1) is 19.7. The predicted octanol–water partition coefficient (Wildman–Crippen LogP) is 5.58. The zero-order valence-corrected chi connectivity index (χ0v) is 24.2. The first-order valence-electron chi connectivity index (χ1n) is 12.7. The van der Waals surface area contributed by atoms with Crippen LogP contribution in [0.1, 0.15) is 27.2 Å². The summed E-state index contributed by atoms with van der Waals surface area (Å²) in [5, 5.41) is 6.73. The summed E-state index contributed by atoms with van der Waals surface area (Å²) in [6, 6.07) is 19.5. The van der Waals surface area contributed by atoms with E-state index in [1.807, 2.05) is 37.3 Å². The number of nitrogens with zero attached hydrogens (tertiary/aromatic N) is 2. The van der Waals surface area contributed by atoms with Crippen LogP contribution >= 0.6 is 23.2 Å². The second-order valence-electron chi connectivity index (χ2n) is 9.13. The summed E-state index contributed by atoms with van der Waals surface area (Å²) >= 11 is 13.2. The lowest BCUT2D eigenvalue weighted by molar-refractivity contribution is -0.117. The molecule has 0 aliphatic rings. The molecule has 3 aromatic carbocycles. The number of carbonyl (C=O) groups excluding carboxylic acids is 3. The van der Waals surface area contributed by atoms with Crippen LogP contribution in [0.15, 0.2) is 72.8 Å². The summed E-state index contributed by atoms with van der Waals surface area (Å²) in [5.41, 5.74) is 3.67. The van der Waals surface area contributed by atoms with Crippen LogP contribution in [0.4, 0.5) is 5.69 Å². The van der Waals surface area contributed by atoms with Gasteiger partial charge in [-0.3, -0.25) is 14.4 Å². The minimum Gasteiger partial charge on any atom is -0.487 e. The lowest BCUT2D eigenvalue weighted by atomic mass is 10.1. The van der Waals surface area contributed by atoms with E-state index in [0.29, 0.717) is 27.6 Å². The van der Waals surface area contributed by atoms with E-state index in [1.54, 1.807) is 56.6 Å². The number of hydrogen-bond acceptors (Lipinski definition) is 5. The third-order valence-electron chi connectivity index (χ3n) is 6.34. The number of anilines is 1. The van der Waals surface area contributed by atoms with Crippen LogP contribution in [0.3, 0.4) is 0 Å². The Morgan fingerprint density at radius 2 is 1.76 bits per heavy atom. The molecule has 1 aromatic heterocycles. The molecule has 210 valence electrons. The molecule has 3 amide bonds. The maximum Gasteiger partial charge on any atom is 0.251 e. The van der Waals surface area contributed by atoms with Gasteiger partial charge in [-0.25, -0.2) is 4.98 Å². The van der Waals surface area contributed by atoms with Crippen molar-refractivity contribution in [1.82, 2.24) is 15.6 Å². The van der Waals surface area contributed by atoms with Crippen LogP contribution in [0.25, 0.3) is 17.0 Å². The first-order valence-corrected chi connectivity index (χ1v) is 13.4. The number of pyridine rings is 1. The summed E-state index contributed by atoms with van der Waals surface area (Å²) in [4.78, 5) is 42.8. The average Bonchev–Trinajstić information content (AvgIpc) is 2.98. The summed E-state index contributed by atoms with van der Waals surface area (Å²) in [5.74, 6) is -0.435. The van der Waals surface area contributed by atoms with Crippen LogP contribution in [0.5, 0.6) is 5.75 Å². The summed E-state index contributed by atoms with van der Waals surface area (Å²) < 4.78 is 6.07. The molecule has 0 fully saturated rings. The highest BCUT2D eigenvalue weighted by molar-refractivity contribution is 6.38. The van der Waals surface area contributed by atoms with Crippen LogP contribution < -0.4 is 20.3 Å². The number of rotatable bonds is 9. The fraction of sp³-hybridized carbons (Fsp3) is 0.161. The topological polar surface area (TPSA) is 101 Å². The molecule has 10 heteroatoms. The highest BCUT2D eigenvalue weighted by Gasteiger charge is 2.20. The van der Waals surface area contributed by atoms with Crippen molar-refractivity contribution < 1.29 is 19.1 Å². The number of halogens is 2. The van der Waals surface area contributed by atoms with Crippen molar-refractivity contribution in [3.05, 3.63) is 105 Å². The lowest BCUT2D eigenvalue weighted by Gasteiger charge is -2.21. The van der Waals surface area contributed by atoms with Gasteiger partial charge in [-0.05, 0) is 55.0 Å². The van der Waals surface area contributed by atoms with Gasteiger partial charge in [-0.2, -0.15) is 0 Å². The molecule has 0 atom stereocenters. The molecule has 0 spiro atoms. The maximum atomic E-state index is 13.0. The Labute approximate surface area is 247 Å². The van der Waals surface area contributed by atoms with Crippen LogP contribution in [-0.4, -0.2) is 43.3 Å². The second-order valence-corrected chi connectivity index (χ2v) is 9.92. The van der Waals surface area contributed by atoms with E-state index in [9.17, 15) is 14.4 Å². The van der Waals surface area contributed by atoms with Crippen LogP contribution in [0.2, 0.25) is 10.0 Å². The Kier molecular flexibility index (Phi) is 9.60. The standard InChI is InChI=1S/C31H28Cl2N4O4/c1-19-7-11-21-5-4-6-26(30(21)36-19)41-18-23-24(32)14-15-25(29(23)33)37(3)28(39)17-35-31(40)22-12-8-20(9-13-22)10-16-27(38)34-2/h4-16H,17-18H2,1-3H3,(H,34,38)(H,35,40)/b16-10+. The minimum absolute atomic E-state index is 0.0628. The number of hydrogen-bond donors (Lipinski definition) is 2. The number of ether oxygens (including phenoxy) is 1. The van der Waals surface area contributed by atoms with Crippen LogP contribution in [0, 0.1) is 6.92 Å². The number of nitrogens with one attached hydrogen (secondary N) is 2. The fourth-order valence-corrected chi connectivity index (χ4v) is 4.58. The highest BCUT2D eigenvalue weighted by Crippen LogP contribution is 2.35. The van der Waals surface area contributed by atoms with Gasteiger partial charge in [0.05, 0.1) is 17.3 Å². The lowest BCUT2D eigenvalue weighted by Crippen LogP contribution is -2.38. The highest BCUT2D eigenvalue weighted by atomic mass is 35.5. The Morgan fingerprint density at radius 1 is 1.00 bits per heavy atom. The quantitative estimate of drug-likeness (QED) is 0.248. The van der Waals surface area contributed by atoms with E-state index in [-0.39, 0.29) is 30.0 Å². The van der Waals surface area contributed by atoms with Gasteiger partial charge in [-0.15, -0.1) is 0 Å². The smallest absolute Gasteiger partial charge is 0.251 e. The van der Waals surface area contributed by atoms with E-state index >= 15 is 0 Å². The largest absolute Gasteiger partial charge is 0.487 e. The van der Waals surface area contributed by atoms with E-state index in [1.165, 1.54) is 11.0 Å². The van der Waals surface area contributed by atoms with Crippen molar-refractivity contribution in [2.24, 2.45) is 0 Å². The van der Waals surface area contributed by atoms with Crippen molar-refractivity contribution in [1.29, 1.82) is 0 Å². The Hall–Kier alpha value is -4.40. The van der Waals surface area contributed by atoms with Crippen LogP contribution in [-0.2, 0) is 16.2 Å². The molecule has 1 heterocycles.